The van der Waals surface area contributed by atoms with Gasteiger partial charge < -0.3 is 19.5 Å². The third-order valence-electron chi connectivity index (χ3n) is 7.68. The molecule has 1 aliphatic heterocycles. The van der Waals surface area contributed by atoms with Crippen LogP contribution in [0.4, 0.5) is 5.69 Å². The van der Waals surface area contributed by atoms with Crippen LogP contribution in [0.2, 0.25) is 0 Å². The van der Waals surface area contributed by atoms with Gasteiger partial charge in [0.25, 0.3) is 0 Å². The number of hydrogen-bond donors (Lipinski definition) is 1. The summed E-state index contributed by atoms with van der Waals surface area (Å²) < 4.78 is 8.52. The van der Waals surface area contributed by atoms with Gasteiger partial charge in [-0.3, -0.25) is 4.98 Å². The lowest BCUT2D eigenvalue weighted by Crippen LogP contribution is -2.29. The normalized spacial score (nSPS) is 16.7. The first kappa shape index (κ1) is 25.8. The molecule has 1 fully saturated rings. The number of anilines is 1. The number of nitrogens with zero attached hydrogens (tertiary/aromatic N) is 3. The summed E-state index contributed by atoms with van der Waals surface area (Å²) in [7, 11) is 0. The topological polar surface area (TPSA) is 42.3 Å². The smallest absolute Gasteiger partial charge is 0.174 e. The molecule has 5 nitrogen and oxygen atoms in total. The van der Waals surface area contributed by atoms with Crippen molar-refractivity contribution < 1.29 is 4.74 Å². The zero-order valence-corrected chi connectivity index (χ0v) is 23.9. The van der Waals surface area contributed by atoms with Crippen LogP contribution in [0.1, 0.15) is 45.9 Å². The Morgan fingerprint density at radius 3 is 2.20 bits per heavy atom. The maximum atomic E-state index is 6.17. The van der Waals surface area contributed by atoms with E-state index in [9.17, 15) is 0 Å². The zero-order valence-electron chi connectivity index (χ0n) is 23.1. The standard InChI is InChI=1S/C34H32N4OS/c1-22-11-5-7-14-30(22)37-24(3)21-28(25(37)4)33-32(29-13-9-10-20-35-29)36-34(40)38(33)26-16-18-27(19-17-26)39-31-15-8-6-12-23(31)2/h5-21,32-33H,1-4H3,(H,36,40)/t32-,33+/m0/s1. The minimum atomic E-state index is -0.109. The molecule has 2 atom stereocenters. The number of hydrogen-bond acceptors (Lipinski definition) is 3. The molecule has 0 amide bonds. The second-order valence-corrected chi connectivity index (χ2v) is 10.7. The van der Waals surface area contributed by atoms with Crippen LogP contribution in [0, 0.1) is 27.7 Å². The molecule has 5 aromatic rings. The number of nitrogens with one attached hydrogen (secondary N) is 1. The fourth-order valence-electron chi connectivity index (χ4n) is 5.69. The van der Waals surface area contributed by atoms with E-state index < -0.39 is 0 Å². The van der Waals surface area contributed by atoms with Crippen molar-refractivity contribution in [3.63, 3.8) is 0 Å². The van der Waals surface area contributed by atoms with E-state index in [0.29, 0.717) is 5.11 Å². The van der Waals surface area contributed by atoms with E-state index in [1.807, 2.05) is 61.7 Å². The lowest BCUT2D eigenvalue weighted by molar-refractivity contribution is 0.479. The van der Waals surface area contributed by atoms with Gasteiger partial charge in [-0.05, 0) is 111 Å². The summed E-state index contributed by atoms with van der Waals surface area (Å²) in [5.74, 6) is 1.64. The summed E-state index contributed by atoms with van der Waals surface area (Å²) in [5, 5.41) is 4.27. The molecule has 0 radical (unpaired) electrons. The summed E-state index contributed by atoms with van der Waals surface area (Å²) >= 11 is 5.98. The average molecular weight is 545 g/mol. The Balaban J connectivity index is 1.42. The van der Waals surface area contributed by atoms with Gasteiger partial charge in [0.1, 0.15) is 11.5 Å². The van der Waals surface area contributed by atoms with Gasteiger partial charge in [-0.2, -0.15) is 0 Å². The van der Waals surface area contributed by atoms with E-state index in [4.69, 9.17) is 21.9 Å². The summed E-state index contributed by atoms with van der Waals surface area (Å²) in [6.45, 7) is 8.57. The summed E-state index contributed by atoms with van der Waals surface area (Å²) in [5.41, 5.74) is 9.06. The molecule has 40 heavy (non-hydrogen) atoms. The van der Waals surface area contributed by atoms with E-state index in [1.165, 1.54) is 28.2 Å². The number of pyridine rings is 1. The Kier molecular flexibility index (Phi) is 6.86. The Labute approximate surface area is 241 Å². The molecule has 3 aromatic carbocycles. The Bertz CT molecular complexity index is 1680. The predicted octanol–water partition coefficient (Wildman–Crippen LogP) is 8.08. The molecule has 6 rings (SSSR count). The molecule has 0 unspecified atom stereocenters. The summed E-state index contributed by atoms with van der Waals surface area (Å²) in [6, 6.07) is 32.9. The molecular formula is C34H32N4OS. The Morgan fingerprint density at radius 1 is 0.800 bits per heavy atom. The highest BCUT2D eigenvalue weighted by Gasteiger charge is 2.42. The highest BCUT2D eigenvalue weighted by Crippen LogP contribution is 2.44. The van der Waals surface area contributed by atoms with Crippen LogP contribution in [-0.2, 0) is 0 Å². The number of aryl methyl sites for hydroxylation is 3. The number of para-hydroxylation sites is 2. The fourth-order valence-corrected chi connectivity index (χ4v) is 6.04. The number of ether oxygens (including phenoxy) is 1. The van der Waals surface area contributed by atoms with Crippen LogP contribution in [0.25, 0.3) is 5.69 Å². The third-order valence-corrected chi connectivity index (χ3v) is 7.99. The number of benzene rings is 3. The van der Waals surface area contributed by atoms with E-state index in [0.717, 1.165) is 28.4 Å². The van der Waals surface area contributed by atoms with Gasteiger partial charge in [0.05, 0.1) is 17.8 Å². The Hall–Kier alpha value is -4.42. The third kappa shape index (κ3) is 4.65. The van der Waals surface area contributed by atoms with Crippen molar-refractivity contribution in [2.24, 2.45) is 0 Å². The van der Waals surface area contributed by atoms with E-state index in [1.54, 1.807) is 0 Å². The van der Waals surface area contributed by atoms with Crippen molar-refractivity contribution in [1.29, 1.82) is 0 Å². The van der Waals surface area contributed by atoms with Gasteiger partial charge in [0.15, 0.2) is 5.11 Å². The Morgan fingerprint density at radius 2 is 1.50 bits per heavy atom. The zero-order chi connectivity index (χ0) is 27.8. The van der Waals surface area contributed by atoms with Crippen LogP contribution in [-0.4, -0.2) is 14.7 Å². The van der Waals surface area contributed by atoms with Gasteiger partial charge in [0.2, 0.25) is 0 Å². The SMILES string of the molecule is Cc1ccccc1Oc1ccc(N2C(=S)N[C@@H](c3ccccn3)[C@H]2c2cc(C)n(-c3ccccc3C)c2C)cc1. The minimum absolute atomic E-state index is 0.0884. The van der Waals surface area contributed by atoms with Crippen molar-refractivity contribution in [3.05, 3.63) is 137 Å². The van der Waals surface area contributed by atoms with Gasteiger partial charge in [-0.1, -0.05) is 42.5 Å². The highest BCUT2D eigenvalue weighted by molar-refractivity contribution is 7.80. The second kappa shape index (κ2) is 10.6. The number of aromatic nitrogens is 2. The predicted molar refractivity (Wildman–Crippen MR) is 166 cm³/mol. The van der Waals surface area contributed by atoms with E-state index in [-0.39, 0.29) is 12.1 Å². The van der Waals surface area contributed by atoms with E-state index >= 15 is 0 Å². The van der Waals surface area contributed by atoms with Crippen LogP contribution in [0.3, 0.4) is 0 Å². The molecule has 0 spiro atoms. The van der Waals surface area contributed by atoms with Crippen molar-refractivity contribution in [2.45, 2.75) is 39.8 Å². The first-order chi connectivity index (χ1) is 19.4. The average Bonchev–Trinajstić information content (AvgIpc) is 3.46. The molecule has 2 aromatic heterocycles. The van der Waals surface area contributed by atoms with Crippen LogP contribution < -0.4 is 15.0 Å². The van der Waals surface area contributed by atoms with Crippen molar-refractivity contribution in [2.75, 3.05) is 4.90 Å². The molecule has 3 heterocycles. The maximum Gasteiger partial charge on any atom is 0.174 e. The van der Waals surface area contributed by atoms with Crippen molar-refractivity contribution in [1.82, 2.24) is 14.9 Å². The molecule has 0 saturated carbocycles. The lowest BCUT2D eigenvalue weighted by atomic mass is 9.96. The maximum absolute atomic E-state index is 6.17. The van der Waals surface area contributed by atoms with Gasteiger partial charge in [-0.15, -0.1) is 0 Å². The van der Waals surface area contributed by atoms with Crippen LogP contribution in [0.15, 0.2) is 103 Å². The molecule has 1 saturated heterocycles. The largest absolute Gasteiger partial charge is 0.457 e. The lowest BCUT2D eigenvalue weighted by Gasteiger charge is -2.28. The number of thiocarbonyl (C=S) groups is 1. The monoisotopic (exact) mass is 544 g/mol. The molecule has 200 valence electrons. The van der Waals surface area contributed by atoms with Gasteiger partial charge in [-0.25, -0.2) is 0 Å². The molecule has 0 aliphatic carbocycles. The molecule has 6 heteroatoms. The van der Waals surface area contributed by atoms with Gasteiger partial charge >= 0.3 is 0 Å². The first-order valence-corrected chi connectivity index (χ1v) is 13.9. The van der Waals surface area contributed by atoms with Crippen molar-refractivity contribution in [3.8, 4) is 17.2 Å². The summed E-state index contributed by atoms with van der Waals surface area (Å²) in [6.07, 6.45) is 1.84. The number of rotatable bonds is 6. The summed E-state index contributed by atoms with van der Waals surface area (Å²) in [4.78, 5) is 6.94. The molecule has 0 bridgehead atoms. The van der Waals surface area contributed by atoms with Crippen LogP contribution in [0.5, 0.6) is 11.5 Å². The highest BCUT2D eigenvalue weighted by atomic mass is 32.1. The quantitative estimate of drug-likeness (QED) is 0.219. The molecular weight excluding hydrogens is 512 g/mol. The van der Waals surface area contributed by atoms with Gasteiger partial charge in [0, 0.05) is 29.0 Å². The molecule has 1 aliphatic rings. The first-order valence-electron chi connectivity index (χ1n) is 13.5. The molecule has 1 N–H and O–H groups in total. The van der Waals surface area contributed by atoms with E-state index in [2.05, 4.69) is 84.1 Å². The minimum Gasteiger partial charge on any atom is -0.457 e. The van der Waals surface area contributed by atoms with Crippen LogP contribution >= 0.6 is 12.2 Å². The fraction of sp³-hybridized carbons (Fsp3) is 0.176. The van der Waals surface area contributed by atoms with Crippen molar-refractivity contribution >= 4 is 23.0 Å². The second-order valence-electron chi connectivity index (χ2n) is 10.3.